The summed E-state index contributed by atoms with van der Waals surface area (Å²) in [6, 6.07) is 8.97. The van der Waals surface area contributed by atoms with Gasteiger partial charge < -0.3 is 15.8 Å². The first-order chi connectivity index (χ1) is 11.2. The van der Waals surface area contributed by atoms with Gasteiger partial charge in [-0.1, -0.05) is 30.7 Å². The molecule has 1 aliphatic heterocycles. The Morgan fingerprint density at radius 2 is 2.17 bits per heavy atom. The summed E-state index contributed by atoms with van der Waals surface area (Å²) in [5.74, 6) is 0.0557. The van der Waals surface area contributed by atoms with Crippen LogP contribution < -0.4 is 11.1 Å². The van der Waals surface area contributed by atoms with Crippen LogP contribution in [0.15, 0.2) is 24.3 Å². The van der Waals surface area contributed by atoms with Crippen molar-refractivity contribution in [2.24, 2.45) is 5.73 Å². The minimum Gasteiger partial charge on any atom is -0.380 e. The van der Waals surface area contributed by atoms with Crippen molar-refractivity contribution in [2.75, 3.05) is 26.7 Å². The molecule has 1 amide bonds. The molecule has 2 rings (SSSR count). The number of rotatable bonds is 8. The van der Waals surface area contributed by atoms with E-state index in [2.05, 4.69) is 34.5 Å². The zero-order chi connectivity index (χ0) is 16.5. The van der Waals surface area contributed by atoms with Crippen LogP contribution >= 0.6 is 12.4 Å². The van der Waals surface area contributed by atoms with Crippen molar-refractivity contribution in [3.63, 3.8) is 0 Å². The molecule has 1 aliphatic rings. The highest BCUT2D eigenvalue weighted by Gasteiger charge is 2.22. The summed E-state index contributed by atoms with van der Waals surface area (Å²) in [5, 5.41) is 3.02. The lowest BCUT2D eigenvalue weighted by Gasteiger charge is -2.36. The van der Waals surface area contributed by atoms with E-state index in [4.69, 9.17) is 10.5 Å². The Hall–Kier alpha value is -1.14. The summed E-state index contributed by atoms with van der Waals surface area (Å²) in [6.45, 7) is 3.79. The lowest BCUT2D eigenvalue weighted by molar-refractivity contribution is -0.121. The third-order valence-corrected chi connectivity index (χ3v) is 4.34. The number of hydrogen-bond donors (Lipinski definition) is 2. The van der Waals surface area contributed by atoms with Gasteiger partial charge in [0.1, 0.15) is 0 Å². The zero-order valence-electron chi connectivity index (χ0n) is 14.5. The largest absolute Gasteiger partial charge is 0.380 e. The smallest absolute Gasteiger partial charge is 0.221 e. The number of piperidine rings is 1. The highest BCUT2D eigenvalue weighted by Crippen LogP contribution is 2.20. The van der Waals surface area contributed by atoms with Gasteiger partial charge in [-0.2, -0.15) is 0 Å². The van der Waals surface area contributed by atoms with E-state index in [0.717, 1.165) is 26.1 Å². The van der Waals surface area contributed by atoms with E-state index in [1.54, 1.807) is 7.11 Å². The Morgan fingerprint density at radius 1 is 1.38 bits per heavy atom. The molecule has 1 atom stereocenters. The van der Waals surface area contributed by atoms with Crippen molar-refractivity contribution in [3.8, 4) is 0 Å². The van der Waals surface area contributed by atoms with E-state index in [9.17, 15) is 4.79 Å². The van der Waals surface area contributed by atoms with Crippen LogP contribution in [0.4, 0.5) is 0 Å². The van der Waals surface area contributed by atoms with Crippen LogP contribution in [-0.2, 0) is 22.7 Å². The third kappa shape index (κ3) is 6.77. The van der Waals surface area contributed by atoms with Gasteiger partial charge in [0.25, 0.3) is 0 Å². The van der Waals surface area contributed by atoms with E-state index in [0.29, 0.717) is 25.6 Å². The molecule has 136 valence electrons. The maximum atomic E-state index is 11.6. The number of nitrogens with two attached hydrogens (primary N) is 1. The molecule has 1 aromatic carbocycles. The van der Waals surface area contributed by atoms with Gasteiger partial charge in [-0.15, -0.1) is 12.4 Å². The molecule has 5 nitrogen and oxygen atoms in total. The minimum absolute atomic E-state index is 0. The lowest BCUT2D eigenvalue weighted by Crippen LogP contribution is -2.46. The number of ether oxygens (including phenoxy) is 1. The predicted molar refractivity (Wildman–Crippen MR) is 99.1 cm³/mol. The van der Waals surface area contributed by atoms with E-state index in [1.807, 2.05) is 0 Å². The molecular formula is C18H30ClN3O2. The van der Waals surface area contributed by atoms with Gasteiger partial charge in [0.05, 0.1) is 6.61 Å². The third-order valence-electron chi connectivity index (χ3n) is 4.34. The quantitative estimate of drug-likeness (QED) is 0.749. The number of hydrogen-bond acceptors (Lipinski definition) is 4. The van der Waals surface area contributed by atoms with E-state index in [1.165, 1.54) is 24.0 Å². The molecule has 6 heteroatoms. The van der Waals surface area contributed by atoms with Crippen molar-refractivity contribution >= 4 is 18.3 Å². The molecule has 0 radical (unpaired) electrons. The number of nitrogens with one attached hydrogen (secondary N) is 1. The van der Waals surface area contributed by atoms with Crippen LogP contribution in [0.3, 0.4) is 0 Å². The fourth-order valence-corrected chi connectivity index (χ4v) is 3.17. The zero-order valence-corrected chi connectivity index (χ0v) is 15.3. The minimum atomic E-state index is 0. The summed E-state index contributed by atoms with van der Waals surface area (Å²) in [4.78, 5) is 14.1. The Balaban J connectivity index is 0.00000288. The first-order valence-electron chi connectivity index (χ1n) is 8.50. The van der Waals surface area contributed by atoms with Gasteiger partial charge >= 0.3 is 0 Å². The molecular weight excluding hydrogens is 326 g/mol. The van der Waals surface area contributed by atoms with E-state index >= 15 is 0 Å². The van der Waals surface area contributed by atoms with Crippen molar-refractivity contribution in [1.82, 2.24) is 10.2 Å². The van der Waals surface area contributed by atoms with Gasteiger partial charge in [0.15, 0.2) is 0 Å². The summed E-state index contributed by atoms with van der Waals surface area (Å²) < 4.78 is 5.21. The molecule has 0 saturated carbocycles. The van der Waals surface area contributed by atoms with Crippen molar-refractivity contribution in [3.05, 3.63) is 35.4 Å². The van der Waals surface area contributed by atoms with Crippen LogP contribution in [-0.4, -0.2) is 43.6 Å². The molecule has 24 heavy (non-hydrogen) atoms. The summed E-state index contributed by atoms with van der Waals surface area (Å²) in [5.41, 5.74) is 7.93. The van der Waals surface area contributed by atoms with Crippen LogP contribution in [0.1, 0.15) is 36.8 Å². The Labute approximate surface area is 151 Å². The second-order valence-electron chi connectivity index (χ2n) is 6.22. The molecule has 3 N–H and O–H groups in total. The Morgan fingerprint density at radius 3 is 2.92 bits per heavy atom. The van der Waals surface area contributed by atoms with Crippen LogP contribution in [0.5, 0.6) is 0 Å². The monoisotopic (exact) mass is 355 g/mol. The second kappa shape index (κ2) is 11.4. The number of amides is 1. The highest BCUT2D eigenvalue weighted by molar-refractivity contribution is 5.85. The van der Waals surface area contributed by atoms with Gasteiger partial charge in [-0.3, -0.25) is 9.69 Å². The number of carbonyl (C=O) groups is 1. The molecule has 0 aliphatic carbocycles. The molecule has 1 aromatic rings. The molecule has 1 unspecified atom stereocenters. The maximum Gasteiger partial charge on any atom is 0.221 e. The van der Waals surface area contributed by atoms with Gasteiger partial charge in [-0.25, -0.2) is 0 Å². The molecule has 1 saturated heterocycles. The molecule has 0 spiro atoms. The van der Waals surface area contributed by atoms with Gasteiger partial charge in [0.2, 0.25) is 5.91 Å². The van der Waals surface area contributed by atoms with Gasteiger partial charge in [-0.05, 0) is 30.5 Å². The molecule has 0 bridgehead atoms. The maximum absolute atomic E-state index is 11.6. The molecule has 1 heterocycles. The van der Waals surface area contributed by atoms with Gasteiger partial charge in [0, 0.05) is 39.2 Å². The predicted octanol–water partition coefficient (Wildman–Crippen LogP) is 2.07. The number of likely N-dealkylation sites (tertiary alicyclic amines) is 1. The van der Waals surface area contributed by atoms with Crippen molar-refractivity contribution in [2.45, 2.75) is 44.9 Å². The second-order valence-corrected chi connectivity index (χ2v) is 6.22. The first kappa shape index (κ1) is 20.9. The average Bonchev–Trinajstić information content (AvgIpc) is 2.55. The molecule has 1 fully saturated rings. The SMILES string of the molecule is COCc1cccc(CN2CCCCC2CNC(=O)CCN)c1.Cl. The number of methoxy groups -OCH3 is 1. The van der Waals surface area contributed by atoms with Crippen LogP contribution in [0.25, 0.3) is 0 Å². The first-order valence-corrected chi connectivity index (χ1v) is 8.50. The topological polar surface area (TPSA) is 67.6 Å². The highest BCUT2D eigenvalue weighted by atomic mass is 35.5. The summed E-state index contributed by atoms with van der Waals surface area (Å²) in [6.07, 6.45) is 4.01. The Bertz CT molecular complexity index is 499. The number of nitrogens with zero attached hydrogens (tertiary/aromatic N) is 1. The van der Waals surface area contributed by atoms with Crippen molar-refractivity contribution in [1.29, 1.82) is 0 Å². The van der Waals surface area contributed by atoms with E-state index in [-0.39, 0.29) is 18.3 Å². The lowest BCUT2D eigenvalue weighted by atomic mass is 10.0. The molecule has 0 aromatic heterocycles. The summed E-state index contributed by atoms with van der Waals surface area (Å²) in [7, 11) is 1.72. The fourth-order valence-electron chi connectivity index (χ4n) is 3.17. The van der Waals surface area contributed by atoms with Crippen molar-refractivity contribution < 1.29 is 9.53 Å². The number of carbonyl (C=O) groups excluding carboxylic acids is 1. The van der Waals surface area contributed by atoms with Crippen LogP contribution in [0.2, 0.25) is 0 Å². The average molecular weight is 356 g/mol. The normalized spacial score (nSPS) is 18.0. The van der Waals surface area contributed by atoms with E-state index < -0.39 is 0 Å². The standard InChI is InChI=1S/C18H29N3O2.ClH/c1-23-14-16-6-4-5-15(11-16)13-21-10-3-2-7-17(21)12-20-18(22)8-9-19;/h4-6,11,17H,2-3,7-10,12-14,19H2,1H3,(H,20,22);1H. The number of halogens is 1. The van der Waals surface area contributed by atoms with Crippen LogP contribution in [0, 0.1) is 0 Å². The fraction of sp³-hybridized carbons (Fsp3) is 0.611. The Kier molecular flexibility index (Phi) is 9.95. The summed E-state index contributed by atoms with van der Waals surface area (Å²) >= 11 is 0. The number of benzene rings is 1.